The molecule has 4 aromatic heterocycles. The summed E-state index contributed by atoms with van der Waals surface area (Å²) in [6, 6.07) is 52.4. The molecule has 8 nitrogen and oxygen atoms in total. The van der Waals surface area contributed by atoms with Gasteiger partial charge in [0.15, 0.2) is 22.0 Å². The Morgan fingerprint density at radius 3 is 1.23 bits per heavy atom. The first-order valence-corrected chi connectivity index (χ1v) is 17.7. The molecular weight excluding hydrogens is 693 g/mol. The van der Waals surface area contributed by atoms with Gasteiger partial charge in [0, 0.05) is 32.9 Å². The molecule has 8 heteroatoms. The number of hydrogen-bond donors (Lipinski definition) is 0. The van der Waals surface area contributed by atoms with Crippen molar-refractivity contribution < 1.29 is 8.83 Å². The summed E-state index contributed by atoms with van der Waals surface area (Å²) in [5.74, 6) is 0. The first-order chi connectivity index (χ1) is 27.6. The first-order valence-electron chi connectivity index (χ1n) is 17.7. The van der Waals surface area contributed by atoms with Gasteiger partial charge in [0.1, 0.15) is 0 Å². The molecule has 56 heavy (non-hydrogen) atoms. The number of hydrogen-bond acceptors (Lipinski definition) is 4. The normalized spacial score (nSPS) is 12.4. The summed E-state index contributed by atoms with van der Waals surface area (Å²) in [4.78, 5) is 7.10. The zero-order valence-corrected chi connectivity index (χ0v) is 29.4. The molecule has 6 aromatic carbocycles. The molecule has 10 rings (SSSR count). The lowest BCUT2D eigenvalue weighted by molar-refractivity contribution is 0.575. The Morgan fingerprint density at radius 2 is 0.839 bits per heavy atom. The second-order valence-electron chi connectivity index (χ2n) is 13.3. The fourth-order valence-corrected chi connectivity index (χ4v) is 8.01. The number of rotatable bonds is 4. The van der Waals surface area contributed by atoms with Gasteiger partial charge in [-0.1, -0.05) is 84.9 Å². The van der Waals surface area contributed by atoms with Crippen LogP contribution in [0.3, 0.4) is 0 Å². The van der Waals surface area contributed by atoms with Crippen LogP contribution in [-0.4, -0.2) is 9.13 Å². The van der Waals surface area contributed by atoms with E-state index >= 15 is 0 Å². The minimum atomic E-state index is -0.248. The van der Waals surface area contributed by atoms with Crippen LogP contribution >= 0.6 is 0 Å². The zero-order valence-electron chi connectivity index (χ0n) is 29.4. The summed E-state index contributed by atoms with van der Waals surface area (Å²) in [7, 11) is 0. The van der Waals surface area contributed by atoms with Gasteiger partial charge in [0.2, 0.25) is 0 Å². The van der Waals surface area contributed by atoms with Gasteiger partial charge in [-0.15, -0.1) is 0 Å². The van der Waals surface area contributed by atoms with Crippen molar-refractivity contribution in [2.75, 3.05) is 0 Å². The van der Waals surface area contributed by atoms with E-state index in [4.69, 9.17) is 22.0 Å². The summed E-state index contributed by atoms with van der Waals surface area (Å²) < 4.78 is 17.5. The third kappa shape index (κ3) is 4.62. The number of para-hydroxylation sites is 4. The maximum absolute atomic E-state index is 10.2. The van der Waals surface area contributed by atoms with E-state index in [9.17, 15) is 10.5 Å². The molecular formula is C48H24N6O2. The standard InChI is InChI=1S/C48H24N6O2/c1-51-37(27-49)45-43(29-21-23-41-35(25-29)33-17-9-11-19-39(33)53(41)31-13-5-3-6-14-31)47-48(55-45)44(46(56-47)38(28-50)52-2)30-22-24-42-36(26-30)34-18-10-12-20-40(34)54(42)32-15-7-4-8-16-32/h3-26H/b45-37+,46-38?. The maximum atomic E-state index is 10.2. The van der Waals surface area contributed by atoms with E-state index < -0.39 is 0 Å². The fourth-order valence-electron chi connectivity index (χ4n) is 8.01. The van der Waals surface area contributed by atoms with Crippen molar-refractivity contribution >= 4 is 66.2 Å². The van der Waals surface area contributed by atoms with Gasteiger partial charge in [-0.3, -0.25) is 0 Å². The van der Waals surface area contributed by atoms with Crippen LogP contribution in [0, 0.1) is 35.8 Å². The van der Waals surface area contributed by atoms with Crippen LogP contribution in [0.15, 0.2) is 154 Å². The Kier molecular flexibility index (Phi) is 7.19. The predicted octanol–water partition coefficient (Wildman–Crippen LogP) is 10.7. The number of aromatic nitrogens is 2. The molecule has 0 unspecified atom stereocenters. The van der Waals surface area contributed by atoms with Crippen molar-refractivity contribution in [2.24, 2.45) is 0 Å². The van der Waals surface area contributed by atoms with Gasteiger partial charge in [-0.25, -0.2) is 20.2 Å². The summed E-state index contributed by atoms with van der Waals surface area (Å²) in [5, 5.41) is 24.3. The van der Waals surface area contributed by atoms with Crippen molar-refractivity contribution in [1.82, 2.24) is 9.13 Å². The van der Waals surface area contributed by atoms with Crippen LogP contribution in [-0.2, 0) is 0 Å². The van der Waals surface area contributed by atoms with Crippen LogP contribution in [0.1, 0.15) is 0 Å². The SMILES string of the molecule is [C-]#[N+]C(C#N)=c1oc2c(-c3ccc4c(c3)c3ccccc3n4-c3ccccc3)/c(=C(/C#N)[N+]#[C-])oc2c1-c1ccc2c(c1)c1ccccc1n2-c1ccccc1. The Bertz CT molecular complexity index is 3300. The van der Waals surface area contributed by atoms with Gasteiger partial charge >= 0.3 is 11.4 Å². The quantitative estimate of drug-likeness (QED) is 0.170. The Balaban J connectivity index is 1.29. The van der Waals surface area contributed by atoms with Gasteiger partial charge in [-0.2, -0.15) is 0 Å². The lowest BCUT2D eigenvalue weighted by Gasteiger charge is -2.07. The van der Waals surface area contributed by atoms with E-state index in [2.05, 4.69) is 67.4 Å². The second kappa shape index (κ2) is 12.5. The molecule has 0 N–H and O–H groups in total. The average Bonchev–Trinajstić information content (AvgIpc) is 3.99. The average molecular weight is 717 g/mol. The summed E-state index contributed by atoms with van der Waals surface area (Å²) >= 11 is 0. The molecule has 4 heterocycles. The molecule has 258 valence electrons. The monoisotopic (exact) mass is 716 g/mol. The predicted molar refractivity (Wildman–Crippen MR) is 219 cm³/mol. The Morgan fingerprint density at radius 1 is 0.464 bits per heavy atom. The van der Waals surface area contributed by atoms with Crippen molar-refractivity contribution in [3.8, 4) is 45.8 Å². The largest absolute Gasteiger partial charge is 0.462 e. The summed E-state index contributed by atoms with van der Waals surface area (Å²) in [5.41, 5.74) is 8.14. The molecule has 0 atom stereocenters. The van der Waals surface area contributed by atoms with Crippen molar-refractivity contribution in [2.45, 2.75) is 0 Å². The minimum absolute atomic E-state index is 0.0540. The molecule has 10 aromatic rings. The minimum Gasteiger partial charge on any atom is -0.462 e. The number of nitriles is 2. The highest BCUT2D eigenvalue weighted by Crippen LogP contribution is 2.40. The number of furan rings is 2. The van der Waals surface area contributed by atoms with E-state index in [-0.39, 0.29) is 33.4 Å². The molecule has 0 fully saturated rings. The highest BCUT2D eigenvalue weighted by Gasteiger charge is 2.26. The molecule has 0 aliphatic rings. The first kappa shape index (κ1) is 32.1. The molecule has 0 aliphatic carbocycles. The summed E-state index contributed by atoms with van der Waals surface area (Å²) in [6.07, 6.45) is 0. The van der Waals surface area contributed by atoms with Crippen LogP contribution < -0.4 is 10.8 Å². The number of benzene rings is 6. The van der Waals surface area contributed by atoms with E-state index in [0.717, 1.165) is 55.0 Å². The van der Waals surface area contributed by atoms with Crippen molar-refractivity contribution in [1.29, 1.82) is 10.5 Å². The molecule has 0 radical (unpaired) electrons. The number of fused-ring (bicyclic) bond motifs is 7. The van der Waals surface area contributed by atoms with E-state index in [1.807, 2.05) is 109 Å². The van der Waals surface area contributed by atoms with E-state index in [0.29, 0.717) is 22.3 Å². The molecule has 0 saturated carbocycles. The van der Waals surface area contributed by atoms with Gasteiger partial charge in [0.05, 0.1) is 58.5 Å². The van der Waals surface area contributed by atoms with Gasteiger partial charge in [0.25, 0.3) is 0 Å². The zero-order chi connectivity index (χ0) is 37.9. The second-order valence-corrected chi connectivity index (χ2v) is 13.3. The summed E-state index contributed by atoms with van der Waals surface area (Å²) in [6.45, 7) is 15.9. The molecule has 0 bridgehead atoms. The lowest BCUT2D eigenvalue weighted by Crippen LogP contribution is -2.07. The number of nitrogens with zero attached hydrogens (tertiary/aromatic N) is 6. The molecule has 0 spiro atoms. The lowest BCUT2D eigenvalue weighted by atomic mass is 10.0. The third-order valence-corrected chi connectivity index (χ3v) is 10.3. The van der Waals surface area contributed by atoms with Crippen LogP contribution in [0.2, 0.25) is 0 Å². The fraction of sp³-hybridized carbons (Fsp3) is 0. The van der Waals surface area contributed by atoms with Crippen LogP contribution in [0.5, 0.6) is 0 Å². The smallest absolute Gasteiger partial charge is 0.304 e. The Labute approximate surface area is 318 Å². The topological polar surface area (TPSA) is 92.4 Å². The van der Waals surface area contributed by atoms with E-state index in [1.165, 1.54) is 0 Å². The highest BCUT2D eigenvalue weighted by atomic mass is 16.4. The van der Waals surface area contributed by atoms with E-state index in [1.54, 1.807) is 0 Å². The molecule has 0 saturated heterocycles. The molecule has 0 amide bonds. The van der Waals surface area contributed by atoms with Gasteiger partial charge in [-0.05, 0) is 71.8 Å². The van der Waals surface area contributed by atoms with Crippen molar-refractivity contribution in [3.63, 3.8) is 0 Å². The van der Waals surface area contributed by atoms with Crippen LogP contribution in [0.4, 0.5) is 0 Å². The maximum Gasteiger partial charge on any atom is 0.304 e. The third-order valence-electron chi connectivity index (χ3n) is 10.3. The highest BCUT2D eigenvalue weighted by molar-refractivity contribution is 6.13. The molecule has 0 aliphatic heterocycles. The Hall–Kier alpha value is -8.56. The van der Waals surface area contributed by atoms with Crippen molar-refractivity contribution in [3.05, 3.63) is 179 Å². The van der Waals surface area contributed by atoms with Gasteiger partial charge < -0.3 is 18.0 Å². The van der Waals surface area contributed by atoms with Crippen LogP contribution in [0.25, 0.3) is 109 Å².